The lowest BCUT2D eigenvalue weighted by atomic mass is 9.97. The highest BCUT2D eigenvalue weighted by Crippen LogP contribution is 2.25. The lowest BCUT2D eigenvalue weighted by Gasteiger charge is -2.08. The van der Waals surface area contributed by atoms with Crippen LogP contribution < -0.4 is 0 Å². The minimum absolute atomic E-state index is 0.109. The summed E-state index contributed by atoms with van der Waals surface area (Å²) in [6.07, 6.45) is -0.408. The van der Waals surface area contributed by atoms with Gasteiger partial charge in [0.2, 0.25) is 0 Å². The maximum absolute atomic E-state index is 12.2. The molecule has 2 aromatic carbocycles. The Morgan fingerprint density at radius 3 is 2.26 bits per heavy atom. The average molecular weight is 313 g/mol. The highest BCUT2D eigenvalue weighted by molar-refractivity contribution is 6.14. The number of nitro benzene ring substituents is 1. The molecular formula is C17H15NO5. The van der Waals surface area contributed by atoms with E-state index in [1.807, 2.05) is 0 Å². The number of phenolic OH excluding ortho intramolecular Hbond substituents is 1. The number of Topliss-reactive ketones (excluding diaryl/α,β-unsaturated/α-hetero) is 2. The molecule has 0 fully saturated rings. The second kappa shape index (κ2) is 6.39. The van der Waals surface area contributed by atoms with Crippen LogP contribution in [0.25, 0.3) is 0 Å². The van der Waals surface area contributed by atoms with E-state index in [0.29, 0.717) is 5.56 Å². The molecule has 1 N–H and O–H groups in total. The number of hydrogen-bond acceptors (Lipinski definition) is 5. The first kappa shape index (κ1) is 16.4. The zero-order chi connectivity index (χ0) is 17.1. The minimum Gasteiger partial charge on any atom is -0.507 e. The maximum Gasteiger partial charge on any atom is 0.269 e. The van der Waals surface area contributed by atoms with Crippen LogP contribution >= 0.6 is 0 Å². The smallest absolute Gasteiger partial charge is 0.269 e. The number of nitro groups is 1. The van der Waals surface area contributed by atoms with Crippen molar-refractivity contribution in [3.63, 3.8) is 0 Å². The van der Waals surface area contributed by atoms with Crippen LogP contribution in [-0.2, 0) is 0 Å². The summed E-state index contributed by atoms with van der Waals surface area (Å²) in [5.74, 6) is -1.07. The van der Waals surface area contributed by atoms with Crippen LogP contribution in [0.4, 0.5) is 5.69 Å². The third-order valence-corrected chi connectivity index (χ3v) is 3.47. The molecule has 0 aliphatic carbocycles. The van der Waals surface area contributed by atoms with Crippen LogP contribution in [0.3, 0.4) is 0 Å². The standard InChI is InChI=1S/C17H15NO5/c1-10-7-11(2)17(21)14(8-10)16(20)9-15(19)12-3-5-13(6-4-12)18(22)23/h3-8,21H,9H2,1-2H3. The highest BCUT2D eigenvalue weighted by Gasteiger charge is 2.18. The summed E-state index contributed by atoms with van der Waals surface area (Å²) in [7, 11) is 0. The van der Waals surface area contributed by atoms with Gasteiger partial charge in [-0.3, -0.25) is 19.7 Å². The lowest BCUT2D eigenvalue weighted by Crippen LogP contribution is -2.09. The molecule has 6 nitrogen and oxygen atoms in total. The molecule has 0 bridgehead atoms. The minimum atomic E-state index is -0.563. The Balaban J connectivity index is 2.20. The number of benzene rings is 2. The normalized spacial score (nSPS) is 10.3. The zero-order valence-corrected chi connectivity index (χ0v) is 12.7. The van der Waals surface area contributed by atoms with Gasteiger partial charge >= 0.3 is 0 Å². The number of carbonyl (C=O) groups is 2. The summed E-state index contributed by atoms with van der Waals surface area (Å²) < 4.78 is 0. The van der Waals surface area contributed by atoms with Crippen LogP contribution in [0, 0.1) is 24.0 Å². The van der Waals surface area contributed by atoms with Gasteiger partial charge in [0, 0.05) is 17.7 Å². The Morgan fingerprint density at radius 2 is 1.70 bits per heavy atom. The highest BCUT2D eigenvalue weighted by atomic mass is 16.6. The second-order valence-electron chi connectivity index (χ2n) is 5.31. The molecule has 6 heteroatoms. The molecule has 0 saturated heterocycles. The van der Waals surface area contributed by atoms with Crippen molar-refractivity contribution in [1.82, 2.24) is 0 Å². The average Bonchev–Trinajstić information content (AvgIpc) is 2.50. The van der Waals surface area contributed by atoms with E-state index in [1.165, 1.54) is 30.3 Å². The van der Waals surface area contributed by atoms with Crippen LogP contribution in [0.2, 0.25) is 0 Å². The van der Waals surface area contributed by atoms with E-state index in [1.54, 1.807) is 19.9 Å². The van der Waals surface area contributed by atoms with E-state index in [9.17, 15) is 24.8 Å². The maximum atomic E-state index is 12.2. The molecule has 0 radical (unpaired) electrons. The predicted octanol–water partition coefficient (Wildman–Crippen LogP) is 3.37. The molecule has 2 aromatic rings. The number of ketones is 2. The van der Waals surface area contributed by atoms with Crippen molar-refractivity contribution in [1.29, 1.82) is 0 Å². The van der Waals surface area contributed by atoms with Crippen molar-refractivity contribution in [3.05, 3.63) is 68.8 Å². The molecule has 0 aliphatic rings. The molecular weight excluding hydrogens is 298 g/mol. The third-order valence-electron chi connectivity index (χ3n) is 3.47. The molecule has 0 heterocycles. The number of non-ortho nitro benzene ring substituents is 1. The van der Waals surface area contributed by atoms with E-state index in [2.05, 4.69) is 0 Å². The van der Waals surface area contributed by atoms with E-state index in [-0.39, 0.29) is 22.6 Å². The monoisotopic (exact) mass is 313 g/mol. The Kier molecular flexibility index (Phi) is 4.55. The first-order valence-electron chi connectivity index (χ1n) is 6.90. The van der Waals surface area contributed by atoms with Gasteiger partial charge in [0.05, 0.1) is 16.9 Å². The Bertz CT molecular complexity index is 793. The summed E-state index contributed by atoms with van der Waals surface area (Å²) in [6, 6.07) is 8.33. The first-order chi connectivity index (χ1) is 10.8. The summed E-state index contributed by atoms with van der Waals surface area (Å²) in [6.45, 7) is 3.47. The molecule has 0 aromatic heterocycles. The van der Waals surface area contributed by atoms with E-state index in [4.69, 9.17) is 0 Å². The first-order valence-corrected chi connectivity index (χ1v) is 6.90. The molecule has 0 atom stereocenters. The van der Waals surface area contributed by atoms with Crippen LogP contribution in [-0.4, -0.2) is 21.6 Å². The molecule has 0 aliphatic heterocycles. The van der Waals surface area contributed by atoms with E-state index >= 15 is 0 Å². The number of nitrogens with zero attached hydrogens (tertiary/aromatic N) is 1. The van der Waals surface area contributed by atoms with Crippen LogP contribution in [0.15, 0.2) is 36.4 Å². The van der Waals surface area contributed by atoms with Gasteiger partial charge in [-0.25, -0.2) is 0 Å². The Morgan fingerprint density at radius 1 is 1.09 bits per heavy atom. The molecule has 0 unspecified atom stereocenters. The fraction of sp³-hybridized carbons (Fsp3) is 0.176. The molecule has 0 spiro atoms. The number of aryl methyl sites for hydroxylation is 2. The zero-order valence-electron chi connectivity index (χ0n) is 12.7. The quantitative estimate of drug-likeness (QED) is 0.395. The lowest BCUT2D eigenvalue weighted by molar-refractivity contribution is -0.384. The van der Waals surface area contributed by atoms with Crippen molar-refractivity contribution in [2.45, 2.75) is 20.3 Å². The summed E-state index contributed by atoms with van der Waals surface area (Å²) >= 11 is 0. The van der Waals surface area contributed by atoms with Crippen molar-refractivity contribution in [3.8, 4) is 5.75 Å². The topological polar surface area (TPSA) is 97.5 Å². The summed E-state index contributed by atoms with van der Waals surface area (Å²) in [4.78, 5) is 34.4. The Hall–Kier alpha value is -3.02. The van der Waals surface area contributed by atoms with Gasteiger partial charge in [0.15, 0.2) is 11.6 Å². The van der Waals surface area contributed by atoms with Crippen molar-refractivity contribution < 1.29 is 19.6 Å². The molecule has 2 rings (SSSR count). The fourth-order valence-electron chi connectivity index (χ4n) is 2.28. The molecule has 118 valence electrons. The SMILES string of the molecule is Cc1cc(C)c(O)c(C(=O)CC(=O)c2ccc([N+](=O)[O-])cc2)c1. The largest absolute Gasteiger partial charge is 0.507 e. The van der Waals surface area contributed by atoms with Crippen molar-refractivity contribution in [2.75, 3.05) is 0 Å². The molecule has 0 saturated carbocycles. The predicted molar refractivity (Wildman–Crippen MR) is 84.0 cm³/mol. The van der Waals surface area contributed by atoms with Gasteiger partial charge < -0.3 is 5.11 Å². The van der Waals surface area contributed by atoms with Crippen LogP contribution in [0.1, 0.15) is 38.3 Å². The third kappa shape index (κ3) is 3.60. The van der Waals surface area contributed by atoms with Gasteiger partial charge in [0.1, 0.15) is 5.75 Å². The summed E-state index contributed by atoms with van der Waals surface area (Å²) in [5, 5.41) is 20.6. The van der Waals surface area contributed by atoms with Gasteiger partial charge in [-0.15, -0.1) is 0 Å². The Labute approximate surface area is 132 Å². The van der Waals surface area contributed by atoms with Gasteiger partial charge in [-0.05, 0) is 43.2 Å². The number of phenols is 1. The number of hydrogen-bond donors (Lipinski definition) is 1. The van der Waals surface area contributed by atoms with Crippen LogP contribution in [0.5, 0.6) is 5.75 Å². The molecule has 23 heavy (non-hydrogen) atoms. The van der Waals surface area contributed by atoms with Gasteiger partial charge in [0.25, 0.3) is 5.69 Å². The van der Waals surface area contributed by atoms with Gasteiger partial charge in [-0.1, -0.05) is 6.07 Å². The number of rotatable bonds is 5. The molecule has 0 amide bonds. The van der Waals surface area contributed by atoms with E-state index in [0.717, 1.165) is 5.56 Å². The number of carbonyl (C=O) groups excluding carboxylic acids is 2. The van der Waals surface area contributed by atoms with Crippen molar-refractivity contribution in [2.24, 2.45) is 0 Å². The summed E-state index contributed by atoms with van der Waals surface area (Å²) in [5.41, 5.74) is 1.58. The van der Waals surface area contributed by atoms with E-state index < -0.39 is 22.9 Å². The second-order valence-corrected chi connectivity index (χ2v) is 5.31. The van der Waals surface area contributed by atoms with Gasteiger partial charge in [-0.2, -0.15) is 0 Å². The van der Waals surface area contributed by atoms with Crippen molar-refractivity contribution >= 4 is 17.3 Å². The fourth-order valence-corrected chi connectivity index (χ4v) is 2.28. The number of aromatic hydroxyl groups is 1.